The summed E-state index contributed by atoms with van der Waals surface area (Å²) in [6, 6.07) is 0. The van der Waals surface area contributed by atoms with Crippen LogP contribution < -0.4 is 0 Å². The smallest absolute Gasteiger partial charge is 0.317 e. The van der Waals surface area contributed by atoms with Gasteiger partial charge in [0.2, 0.25) is 0 Å². The van der Waals surface area contributed by atoms with Crippen molar-refractivity contribution in [1.29, 1.82) is 0 Å². The van der Waals surface area contributed by atoms with E-state index in [-0.39, 0.29) is 6.54 Å². The predicted molar refractivity (Wildman–Crippen MR) is 34.7 cm³/mol. The van der Waals surface area contributed by atoms with Crippen LogP contribution in [0.4, 0.5) is 0 Å². The highest BCUT2D eigenvalue weighted by Crippen LogP contribution is 2.18. The summed E-state index contributed by atoms with van der Waals surface area (Å²) in [7, 11) is 0. The van der Waals surface area contributed by atoms with E-state index in [2.05, 4.69) is 0 Å². The number of aliphatic carboxylic acids is 1. The third-order valence-corrected chi connectivity index (χ3v) is 1.49. The zero-order chi connectivity index (χ0) is 7.78. The van der Waals surface area contributed by atoms with E-state index < -0.39 is 11.6 Å². The molecule has 0 unspecified atom stereocenters. The van der Waals surface area contributed by atoms with Crippen molar-refractivity contribution in [3.63, 3.8) is 0 Å². The summed E-state index contributed by atoms with van der Waals surface area (Å²) in [5.74, 6) is -0.838. The van der Waals surface area contributed by atoms with E-state index in [1.165, 1.54) is 0 Å². The van der Waals surface area contributed by atoms with Gasteiger partial charge in [-0.2, -0.15) is 0 Å². The summed E-state index contributed by atoms with van der Waals surface area (Å²) in [4.78, 5) is 11.8. The Bertz CT molecular complexity index is 147. The predicted octanol–water partition coefficient (Wildman–Crippen LogP) is -0.862. The monoisotopic (exact) mass is 145 g/mol. The van der Waals surface area contributed by atoms with Crippen LogP contribution in [0.1, 0.15) is 6.92 Å². The molecule has 0 saturated carbocycles. The SMILES string of the molecule is CC1(O)CN(CC(=O)O)C1. The first-order valence-corrected chi connectivity index (χ1v) is 3.16. The minimum absolute atomic E-state index is 0.0378. The van der Waals surface area contributed by atoms with E-state index in [0.717, 1.165) is 0 Å². The summed E-state index contributed by atoms with van der Waals surface area (Å²) in [6.07, 6.45) is 0. The number of rotatable bonds is 2. The first-order valence-electron chi connectivity index (χ1n) is 3.16. The molecule has 1 saturated heterocycles. The lowest BCUT2D eigenvalue weighted by atomic mass is 9.97. The van der Waals surface area contributed by atoms with E-state index in [1.807, 2.05) is 0 Å². The van der Waals surface area contributed by atoms with Crippen LogP contribution in [0.25, 0.3) is 0 Å². The Balaban J connectivity index is 2.21. The van der Waals surface area contributed by atoms with Gasteiger partial charge in [0.15, 0.2) is 0 Å². The first-order chi connectivity index (χ1) is 4.49. The topological polar surface area (TPSA) is 60.8 Å². The molecule has 10 heavy (non-hydrogen) atoms. The average Bonchev–Trinajstić information content (AvgIpc) is 1.57. The molecule has 1 aliphatic rings. The van der Waals surface area contributed by atoms with E-state index in [1.54, 1.807) is 11.8 Å². The maximum Gasteiger partial charge on any atom is 0.317 e. The molecule has 4 heteroatoms. The van der Waals surface area contributed by atoms with Gasteiger partial charge in [-0.15, -0.1) is 0 Å². The van der Waals surface area contributed by atoms with Gasteiger partial charge in [-0.3, -0.25) is 9.69 Å². The van der Waals surface area contributed by atoms with Crippen LogP contribution in [0.3, 0.4) is 0 Å². The maximum atomic E-state index is 10.1. The lowest BCUT2D eigenvalue weighted by Crippen LogP contribution is -2.60. The van der Waals surface area contributed by atoms with Gasteiger partial charge in [0.1, 0.15) is 0 Å². The zero-order valence-electron chi connectivity index (χ0n) is 5.87. The molecule has 1 heterocycles. The largest absolute Gasteiger partial charge is 0.480 e. The molecule has 1 aliphatic heterocycles. The van der Waals surface area contributed by atoms with Gasteiger partial charge in [0.25, 0.3) is 0 Å². The molecule has 0 aromatic heterocycles. The summed E-state index contributed by atoms with van der Waals surface area (Å²) >= 11 is 0. The van der Waals surface area contributed by atoms with Crippen molar-refractivity contribution < 1.29 is 15.0 Å². The van der Waals surface area contributed by atoms with Gasteiger partial charge >= 0.3 is 5.97 Å². The summed E-state index contributed by atoms with van der Waals surface area (Å²) in [5.41, 5.74) is -0.657. The first kappa shape index (κ1) is 7.50. The molecule has 0 amide bonds. The third kappa shape index (κ3) is 1.68. The summed E-state index contributed by atoms with van der Waals surface area (Å²) in [5, 5.41) is 17.5. The maximum absolute atomic E-state index is 10.1. The molecule has 0 aromatic rings. The molecular weight excluding hydrogens is 134 g/mol. The van der Waals surface area contributed by atoms with Gasteiger partial charge in [0, 0.05) is 13.1 Å². The molecule has 0 aromatic carbocycles. The lowest BCUT2D eigenvalue weighted by molar-refractivity contribution is -0.145. The van der Waals surface area contributed by atoms with Crippen LogP contribution in [0.15, 0.2) is 0 Å². The van der Waals surface area contributed by atoms with Crippen LogP contribution in [-0.4, -0.2) is 46.3 Å². The Kier molecular flexibility index (Phi) is 1.66. The Morgan fingerprint density at radius 1 is 1.70 bits per heavy atom. The number of hydrogen-bond acceptors (Lipinski definition) is 3. The Hall–Kier alpha value is -0.610. The van der Waals surface area contributed by atoms with E-state index in [0.29, 0.717) is 13.1 Å². The van der Waals surface area contributed by atoms with Crippen molar-refractivity contribution in [3.05, 3.63) is 0 Å². The van der Waals surface area contributed by atoms with Gasteiger partial charge in [-0.05, 0) is 6.92 Å². The molecule has 0 radical (unpaired) electrons. The lowest BCUT2D eigenvalue weighted by Gasteiger charge is -2.43. The Labute approximate surface area is 59.1 Å². The normalized spacial score (nSPS) is 23.8. The number of carbonyl (C=O) groups is 1. The molecule has 0 aliphatic carbocycles. The van der Waals surface area contributed by atoms with E-state index in [4.69, 9.17) is 10.2 Å². The van der Waals surface area contributed by atoms with Crippen molar-refractivity contribution in [2.75, 3.05) is 19.6 Å². The minimum atomic E-state index is -0.838. The molecule has 58 valence electrons. The molecule has 0 atom stereocenters. The van der Waals surface area contributed by atoms with Gasteiger partial charge in [-0.1, -0.05) is 0 Å². The fourth-order valence-corrected chi connectivity index (χ4v) is 1.22. The van der Waals surface area contributed by atoms with Crippen molar-refractivity contribution >= 4 is 5.97 Å². The van der Waals surface area contributed by atoms with Crippen LogP contribution in [0.5, 0.6) is 0 Å². The number of aliphatic hydroxyl groups is 1. The number of carboxylic acids is 1. The fraction of sp³-hybridized carbons (Fsp3) is 0.833. The quantitative estimate of drug-likeness (QED) is 0.530. The average molecular weight is 145 g/mol. The van der Waals surface area contributed by atoms with Crippen LogP contribution in [-0.2, 0) is 4.79 Å². The van der Waals surface area contributed by atoms with Crippen molar-refractivity contribution in [1.82, 2.24) is 4.90 Å². The van der Waals surface area contributed by atoms with Crippen molar-refractivity contribution in [2.45, 2.75) is 12.5 Å². The Morgan fingerprint density at radius 3 is 2.50 bits per heavy atom. The minimum Gasteiger partial charge on any atom is -0.480 e. The Morgan fingerprint density at radius 2 is 2.20 bits per heavy atom. The van der Waals surface area contributed by atoms with Crippen LogP contribution >= 0.6 is 0 Å². The second-order valence-electron chi connectivity index (χ2n) is 3.04. The molecule has 4 nitrogen and oxygen atoms in total. The second-order valence-corrected chi connectivity index (χ2v) is 3.04. The van der Waals surface area contributed by atoms with Gasteiger partial charge in [-0.25, -0.2) is 0 Å². The summed E-state index contributed by atoms with van der Waals surface area (Å²) < 4.78 is 0. The second kappa shape index (κ2) is 2.21. The van der Waals surface area contributed by atoms with Crippen molar-refractivity contribution in [2.24, 2.45) is 0 Å². The van der Waals surface area contributed by atoms with Crippen molar-refractivity contribution in [3.8, 4) is 0 Å². The van der Waals surface area contributed by atoms with Crippen LogP contribution in [0, 0.1) is 0 Å². The molecule has 1 fully saturated rings. The molecule has 0 bridgehead atoms. The standard InChI is InChI=1S/C6H11NO3/c1-6(10)3-7(4-6)2-5(8)9/h10H,2-4H2,1H3,(H,8,9). The fourth-order valence-electron chi connectivity index (χ4n) is 1.22. The van der Waals surface area contributed by atoms with Gasteiger partial charge in [0.05, 0.1) is 12.1 Å². The highest BCUT2D eigenvalue weighted by molar-refractivity contribution is 5.69. The number of nitrogens with zero attached hydrogens (tertiary/aromatic N) is 1. The molecular formula is C6H11NO3. The van der Waals surface area contributed by atoms with Gasteiger partial charge < -0.3 is 10.2 Å². The van der Waals surface area contributed by atoms with Crippen LogP contribution in [0.2, 0.25) is 0 Å². The highest BCUT2D eigenvalue weighted by Gasteiger charge is 2.36. The highest BCUT2D eigenvalue weighted by atomic mass is 16.4. The summed E-state index contributed by atoms with van der Waals surface area (Å²) in [6.45, 7) is 2.68. The third-order valence-electron chi connectivity index (χ3n) is 1.49. The zero-order valence-corrected chi connectivity index (χ0v) is 5.87. The van der Waals surface area contributed by atoms with E-state index >= 15 is 0 Å². The number of hydrogen-bond donors (Lipinski definition) is 2. The number of β-amino-alcohol motifs (C(OH)–C–C–N with tert-alkyl or cyclic N) is 1. The molecule has 2 N–H and O–H groups in total. The molecule has 1 rings (SSSR count). The number of carboxylic acid groups (broad SMARTS) is 1. The van der Waals surface area contributed by atoms with E-state index in [9.17, 15) is 4.79 Å². The number of likely N-dealkylation sites (tertiary alicyclic amines) is 1. The molecule has 0 spiro atoms.